The van der Waals surface area contributed by atoms with E-state index in [2.05, 4.69) is 42.7 Å². The topological polar surface area (TPSA) is 45.2 Å². The molecule has 5 heteroatoms. The Hall–Kier alpha value is -1.30. The van der Waals surface area contributed by atoms with Crippen molar-refractivity contribution in [2.75, 3.05) is 51.3 Å². The fourth-order valence-corrected chi connectivity index (χ4v) is 5.05. The Kier molecular flexibility index (Phi) is 7.24. The smallest absolute Gasteiger partial charge is 0.142 e. The highest BCUT2D eigenvalue weighted by atomic mass is 16.5. The van der Waals surface area contributed by atoms with Crippen LogP contribution < -0.4 is 9.64 Å². The van der Waals surface area contributed by atoms with Crippen LogP contribution in [0.2, 0.25) is 0 Å². The summed E-state index contributed by atoms with van der Waals surface area (Å²) in [5.74, 6) is 1.63. The van der Waals surface area contributed by atoms with E-state index >= 15 is 0 Å². The van der Waals surface area contributed by atoms with Crippen molar-refractivity contribution in [1.82, 2.24) is 4.90 Å². The van der Waals surface area contributed by atoms with Gasteiger partial charge < -0.3 is 19.5 Å². The molecule has 3 rings (SSSR count). The molecule has 1 aromatic carbocycles. The molecule has 0 amide bonds. The average Bonchev–Trinajstić information content (AvgIpc) is 2.65. The lowest BCUT2D eigenvalue weighted by atomic mass is 9.71. The molecule has 0 bridgehead atoms. The van der Waals surface area contributed by atoms with Crippen molar-refractivity contribution in [2.24, 2.45) is 11.3 Å². The van der Waals surface area contributed by atoms with Crippen molar-refractivity contribution < 1.29 is 14.6 Å². The predicted octanol–water partition coefficient (Wildman–Crippen LogP) is 3.41. The number of rotatable bonds is 7. The van der Waals surface area contributed by atoms with Crippen LogP contribution in [0.5, 0.6) is 5.75 Å². The van der Waals surface area contributed by atoms with E-state index < -0.39 is 6.10 Å². The molecular formula is C23H38N2O3. The van der Waals surface area contributed by atoms with Crippen LogP contribution in [0, 0.1) is 11.3 Å². The lowest BCUT2D eigenvalue weighted by Gasteiger charge is -2.39. The number of β-amino-alcohol motifs (C(OH)–C–C–N with tert-alkyl or cyclic N) is 1. The summed E-state index contributed by atoms with van der Waals surface area (Å²) >= 11 is 0. The highest BCUT2D eigenvalue weighted by Crippen LogP contribution is 2.39. The van der Waals surface area contributed by atoms with Gasteiger partial charge in [0.05, 0.1) is 31.6 Å². The van der Waals surface area contributed by atoms with E-state index in [0.717, 1.165) is 50.5 Å². The first-order valence-corrected chi connectivity index (χ1v) is 10.8. The van der Waals surface area contributed by atoms with Crippen molar-refractivity contribution in [3.8, 4) is 5.75 Å². The van der Waals surface area contributed by atoms with E-state index in [4.69, 9.17) is 9.47 Å². The fourth-order valence-electron chi connectivity index (χ4n) is 5.05. The summed E-state index contributed by atoms with van der Waals surface area (Å²) < 4.78 is 11.6. The van der Waals surface area contributed by atoms with Gasteiger partial charge in [-0.1, -0.05) is 32.9 Å². The molecule has 0 unspecified atom stereocenters. The van der Waals surface area contributed by atoms with Gasteiger partial charge in [0.25, 0.3) is 0 Å². The second kappa shape index (κ2) is 9.47. The van der Waals surface area contributed by atoms with Gasteiger partial charge in [0, 0.05) is 32.7 Å². The third-order valence-corrected chi connectivity index (χ3v) is 6.14. The van der Waals surface area contributed by atoms with Gasteiger partial charge in [0.2, 0.25) is 0 Å². The summed E-state index contributed by atoms with van der Waals surface area (Å²) in [6.45, 7) is 11.9. The standard InChI is InChI=1S/C23H38N2O3/c1-18-13-20(15-23(2,3)14-18)28-17-19(26)16-24-9-11-25(12-10-24)21-7-5-6-8-22(21)27-4/h5-8,18-20,26H,9-17H2,1-4H3/t18-,19+,20+/m0/s1. The van der Waals surface area contributed by atoms with Crippen molar-refractivity contribution in [3.63, 3.8) is 0 Å². The zero-order valence-corrected chi connectivity index (χ0v) is 18.1. The number of methoxy groups -OCH3 is 1. The number of benzene rings is 1. The van der Waals surface area contributed by atoms with Crippen LogP contribution in [-0.4, -0.2) is 68.7 Å². The first-order valence-electron chi connectivity index (χ1n) is 10.8. The molecule has 1 saturated carbocycles. The quantitative estimate of drug-likeness (QED) is 0.773. The maximum absolute atomic E-state index is 10.5. The molecule has 3 atom stereocenters. The molecule has 1 N–H and O–H groups in total. The molecule has 158 valence electrons. The number of para-hydroxylation sites is 2. The summed E-state index contributed by atoms with van der Waals surface area (Å²) in [6.07, 6.45) is 3.36. The Morgan fingerprint density at radius 3 is 2.54 bits per heavy atom. The Bertz CT molecular complexity index is 614. The number of ether oxygens (including phenoxy) is 2. The summed E-state index contributed by atoms with van der Waals surface area (Å²) in [5.41, 5.74) is 1.50. The molecule has 0 radical (unpaired) electrons. The lowest BCUT2D eigenvalue weighted by molar-refractivity contribution is -0.0615. The molecule has 1 aliphatic carbocycles. The predicted molar refractivity (Wildman–Crippen MR) is 114 cm³/mol. The molecule has 2 aliphatic rings. The van der Waals surface area contributed by atoms with Gasteiger partial charge in [0.15, 0.2) is 0 Å². The molecule has 1 aromatic rings. The largest absolute Gasteiger partial charge is 0.495 e. The van der Waals surface area contributed by atoms with Gasteiger partial charge in [-0.05, 0) is 42.7 Å². The number of hydrogen-bond donors (Lipinski definition) is 1. The van der Waals surface area contributed by atoms with E-state index in [0.29, 0.717) is 24.5 Å². The third kappa shape index (κ3) is 5.85. The molecular weight excluding hydrogens is 352 g/mol. The number of piperazine rings is 1. The second-order valence-corrected chi connectivity index (χ2v) is 9.48. The van der Waals surface area contributed by atoms with E-state index in [9.17, 15) is 5.11 Å². The van der Waals surface area contributed by atoms with Crippen molar-refractivity contribution in [3.05, 3.63) is 24.3 Å². The van der Waals surface area contributed by atoms with E-state index in [1.807, 2.05) is 12.1 Å². The number of nitrogens with zero attached hydrogens (tertiary/aromatic N) is 2. The minimum Gasteiger partial charge on any atom is -0.495 e. The van der Waals surface area contributed by atoms with E-state index in [1.165, 1.54) is 6.42 Å². The third-order valence-electron chi connectivity index (χ3n) is 6.14. The molecule has 1 saturated heterocycles. The zero-order valence-electron chi connectivity index (χ0n) is 18.1. The maximum Gasteiger partial charge on any atom is 0.142 e. The normalized spacial score (nSPS) is 26.8. The fraction of sp³-hybridized carbons (Fsp3) is 0.739. The molecule has 1 heterocycles. The Labute approximate surface area is 170 Å². The SMILES string of the molecule is COc1ccccc1N1CCN(C[C@@H](O)CO[C@@H]2C[C@H](C)CC(C)(C)C2)CC1. The van der Waals surface area contributed by atoms with Crippen molar-refractivity contribution in [1.29, 1.82) is 0 Å². The van der Waals surface area contributed by atoms with E-state index in [1.54, 1.807) is 7.11 Å². The first-order chi connectivity index (χ1) is 13.4. The molecule has 0 spiro atoms. The van der Waals surface area contributed by atoms with Crippen LogP contribution in [-0.2, 0) is 4.74 Å². The monoisotopic (exact) mass is 390 g/mol. The number of aliphatic hydroxyl groups is 1. The minimum absolute atomic E-state index is 0.288. The summed E-state index contributed by atoms with van der Waals surface area (Å²) in [4.78, 5) is 4.71. The van der Waals surface area contributed by atoms with Gasteiger partial charge in [-0.2, -0.15) is 0 Å². The summed E-state index contributed by atoms with van der Waals surface area (Å²) in [5, 5.41) is 10.5. The zero-order chi connectivity index (χ0) is 20.1. The first kappa shape index (κ1) is 21.4. The van der Waals surface area contributed by atoms with Crippen LogP contribution in [0.25, 0.3) is 0 Å². The highest BCUT2D eigenvalue weighted by molar-refractivity contribution is 5.58. The summed E-state index contributed by atoms with van der Waals surface area (Å²) in [7, 11) is 1.72. The molecule has 0 aromatic heterocycles. The Morgan fingerprint density at radius 1 is 1.14 bits per heavy atom. The summed E-state index contributed by atoms with van der Waals surface area (Å²) in [6, 6.07) is 8.18. The second-order valence-electron chi connectivity index (χ2n) is 9.48. The van der Waals surface area contributed by atoms with Crippen LogP contribution in [0.4, 0.5) is 5.69 Å². The molecule has 5 nitrogen and oxygen atoms in total. The van der Waals surface area contributed by atoms with Crippen LogP contribution in [0.1, 0.15) is 40.0 Å². The number of anilines is 1. The van der Waals surface area contributed by atoms with Crippen molar-refractivity contribution >= 4 is 5.69 Å². The van der Waals surface area contributed by atoms with Crippen LogP contribution in [0.3, 0.4) is 0 Å². The Balaban J connectivity index is 1.41. The van der Waals surface area contributed by atoms with Gasteiger partial charge in [-0.15, -0.1) is 0 Å². The van der Waals surface area contributed by atoms with E-state index in [-0.39, 0.29) is 6.10 Å². The molecule has 2 fully saturated rings. The molecule has 28 heavy (non-hydrogen) atoms. The van der Waals surface area contributed by atoms with Crippen LogP contribution >= 0.6 is 0 Å². The Morgan fingerprint density at radius 2 is 1.86 bits per heavy atom. The van der Waals surface area contributed by atoms with Gasteiger partial charge in [-0.25, -0.2) is 0 Å². The number of aliphatic hydroxyl groups excluding tert-OH is 1. The van der Waals surface area contributed by atoms with Gasteiger partial charge in [0.1, 0.15) is 5.75 Å². The van der Waals surface area contributed by atoms with Gasteiger partial charge >= 0.3 is 0 Å². The van der Waals surface area contributed by atoms with Crippen LogP contribution in [0.15, 0.2) is 24.3 Å². The minimum atomic E-state index is -0.418. The van der Waals surface area contributed by atoms with Gasteiger partial charge in [-0.3, -0.25) is 4.90 Å². The lowest BCUT2D eigenvalue weighted by Crippen LogP contribution is -2.49. The number of hydrogen-bond acceptors (Lipinski definition) is 5. The average molecular weight is 391 g/mol. The maximum atomic E-state index is 10.5. The highest BCUT2D eigenvalue weighted by Gasteiger charge is 2.33. The van der Waals surface area contributed by atoms with Crippen molar-refractivity contribution in [2.45, 2.75) is 52.2 Å². The molecule has 1 aliphatic heterocycles.